The van der Waals surface area contributed by atoms with Gasteiger partial charge in [0.1, 0.15) is 0 Å². The minimum absolute atomic E-state index is 0.638. The smallest absolute Gasteiger partial charge is 0.177 e. The first kappa shape index (κ1) is 9.34. The molecule has 13 heavy (non-hydrogen) atoms. The third-order valence-corrected chi connectivity index (χ3v) is 3.98. The Kier molecular flexibility index (Phi) is 2.79. The summed E-state index contributed by atoms with van der Waals surface area (Å²) in [6.07, 6.45) is 4.38. The molecule has 1 fully saturated rings. The Morgan fingerprint density at radius 2 is 2.62 bits per heavy atom. The lowest BCUT2D eigenvalue weighted by atomic mass is 10.2. The van der Waals surface area contributed by atoms with Gasteiger partial charge in [0.2, 0.25) is 0 Å². The number of hydrogen-bond donors (Lipinski definition) is 1. The highest BCUT2D eigenvalue weighted by Crippen LogP contribution is 2.29. The molecule has 0 bridgehead atoms. The summed E-state index contributed by atoms with van der Waals surface area (Å²) >= 11 is 7.30. The van der Waals surface area contributed by atoms with Gasteiger partial charge in [0.25, 0.3) is 0 Å². The van der Waals surface area contributed by atoms with Gasteiger partial charge in [-0.25, -0.2) is 0 Å². The molecule has 0 aromatic carbocycles. The first-order chi connectivity index (χ1) is 6.33. The average molecular weight is 214 g/mol. The molecule has 0 radical (unpaired) electrons. The maximum absolute atomic E-state index is 5.27. The Labute approximate surface area is 87.7 Å². The number of nitrogens with zero attached hydrogens (tertiary/aromatic N) is 1. The number of aromatic amines is 1. The van der Waals surface area contributed by atoms with Gasteiger partial charge >= 0.3 is 0 Å². The zero-order valence-electron chi connectivity index (χ0n) is 7.75. The van der Waals surface area contributed by atoms with E-state index in [0.29, 0.717) is 6.04 Å². The molecule has 1 aromatic rings. The fraction of sp³-hybridized carbons (Fsp3) is 0.667. The average Bonchev–Trinajstić information content (AvgIpc) is 2.72. The second-order valence-electron chi connectivity index (χ2n) is 3.33. The van der Waals surface area contributed by atoms with E-state index >= 15 is 0 Å². The van der Waals surface area contributed by atoms with Gasteiger partial charge in [-0.3, -0.25) is 0 Å². The van der Waals surface area contributed by atoms with Crippen LogP contribution in [0.5, 0.6) is 0 Å². The SMILES string of the molecule is CCc1c[nH]c(=S)n1C1CCSC1. The van der Waals surface area contributed by atoms with Crippen molar-refractivity contribution in [2.24, 2.45) is 0 Å². The molecule has 1 saturated heterocycles. The molecule has 0 spiro atoms. The second-order valence-corrected chi connectivity index (χ2v) is 4.86. The molecule has 72 valence electrons. The fourth-order valence-electron chi connectivity index (χ4n) is 1.81. The Bertz CT molecular complexity index is 334. The van der Waals surface area contributed by atoms with Crippen molar-refractivity contribution in [2.45, 2.75) is 25.8 Å². The normalized spacial score (nSPS) is 22.4. The van der Waals surface area contributed by atoms with E-state index in [1.807, 2.05) is 18.0 Å². The Morgan fingerprint density at radius 3 is 3.23 bits per heavy atom. The van der Waals surface area contributed by atoms with Crippen molar-refractivity contribution in [1.29, 1.82) is 0 Å². The molecule has 1 N–H and O–H groups in total. The highest BCUT2D eigenvalue weighted by atomic mass is 32.2. The second kappa shape index (κ2) is 3.88. The van der Waals surface area contributed by atoms with Crippen LogP contribution in [-0.2, 0) is 6.42 Å². The van der Waals surface area contributed by atoms with E-state index in [2.05, 4.69) is 16.5 Å². The Balaban J connectivity index is 2.36. The lowest BCUT2D eigenvalue weighted by molar-refractivity contribution is 0.535. The first-order valence-electron chi connectivity index (χ1n) is 4.69. The van der Waals surface area contributed by atoms with Gasteiger partial charge in [-0.1, -0.05) is 6.92 Å². The van der Waals surface area contributed by atoms with E-state index in [9.17, 15) is 0 Å². The molecule has 1 unspecified atom stereocenters. The predicted molar refractivity (Wildman–Crippen MR) is 60.0 cm³/mol. The molecule has 0 aliphatic carbocycles. The van der Waals surface area contributed by atoms with Crippen molar-refractivity contribution >= 4 is 24.0 Å². The van der Waals surface area contributed by atoms with Crippen LogP contribution in [-0.4, -0.2) is 21.1 Å². The molecule has 1 aliphatic heterocycles. The highest BCUT2D eigenvalue weighted by molar-refractivity contribution is 7.99. The Hall–Kier alpha value is -0.220. The van der Waals surface area contributed by atoms with Crippen LogP contribution in [0.2, 0.25) is 0 Å². The lowest BCUT2D eigenvalue weighted by Crippen LogP contribution is -2.10. The summed E-state index contributed by atoms with van der Waals surface area (Å²) in [5, 5.41) is 0. The van der Waals surface area contributed by atoms with Gasteiger partial charge in [0, 0.05) is 23.7 Å². The van der Waals surface area contributed by atoms with Crippen molar-refractivity contribution in [3.8, 4) is 0 Å². The van der Waals surface area contributed by atoms with E-state index in [0.717, 1.165) is 11.2 Å². The van der Waals surface area contributed by atoms with Crippen molar-refractivity contribution in [1.82, 2.24) is 9.55 Å². The van der Waals surface area contributed by atoms with Gasteiger partial charge in [0.05, 0.1) is 0 Å². The molecule has 1 atom stereocenters. The van der Waals surface area contributed by atoms with Crippen LogP contribution in [0, 0.1) is 4.77 Å². The van der Waals surface area contributed by atoms with Gasteiger partial charge in [-0.2, -0.15) is 11.8 Å². The fourth-order valence-corrected chi connectivity index (χ4v) is 3.33. The van der Waals surface area contributed by atoms with Crippen molar-refractivity contribution in [3.05, 3.63) is 16.7 Å². The zero-order valence-corrected chi connectivity index (χ0v) is 9.38. The summed E-state index contributed by atoms with van der Waals surface area (Å²) in [6.45, 7) is 2.18. The highest BCUT2D eigenvalue weighted by Gasteiger charge is 2.19. The Morgan fingerprint density at radius 1 is 1.77 bits per heavy atom. The number of thioether (sulfide) groups is 1. The minimum Gasteiger partial charge on any atom is -0.337 e. The van der Waals surface area contributed by atoms with Crippen LogP contribution < -0.4 is 0 Å². The number of nitrogens with one attached hydrogen (secondary N) is 1. The number of H-pyrrole nitrogens is 1. The summed E-state index contributed by atoms with van der Waals surface area (Å²) in [5.74, 6) is 2.50. The molecule has 2 heterocycles. The monoisotopic (exact) mass is 214 g/mol. The number of rotatable bonds is 2. The topological polar surface area (TPSA) is 20.7 Å². The largest absolute Gasteiger partial charge is 0.337 e. The predicted octanol–water partition coefficient (Wildman–Crippen LogP) is 2.79. The van der Waals surface area contributed by atoms with Gasteiger partial charge in [0.15, 0.2) is 4.77 Å². The van der Waals surface area contributed by atoms with Crippen molar-refractivity contribution in [2.75, 3.05) is 11.5 Å². The van der Waals surface area contributed by atoms with E-state index < -0.39 is 0 Å². The molecule has 1 aliphatic rings. The molecule has 2 nitrogen and oxygen atoms in total. The van der Waals surface area contributed by atoms with Crippen LogP contribution >= 0.6 is 24.0 Å². The van der Waals surface area contributed by atoms with E-state index in [-0.39, 0.29) is 0 Å². The lowest BCUT2D eigenvalue weighted by Gasteiger charge is -2.13. The zero-order chi connectivity index (χ0) is 9.26. The summed E-state index contributed by atoms with van der Waals surface area (Å²) in [4.78, 5) is 3.13. The standard InChI is InChI=1S/C9H14N2S2/c1-2-7-5-10-9(12)11(7)8-3-4-13-6-8/h5,8H,2-4,6H2,1H3,(H,10,12). The molecule has 1 aromatic heterocycles. The molecule has 2 rings (SSSR count). The minimum atomic E-state index is 0.638. The van der Waals surface area contributed by atoms with Gasteiger partial charge < -0.3 is 9.55 Å². The van der Waals surface area contributed by atoms with Crippen LogP contribution in [0.4, 0.5) is 0 Å². The van der Waals surface area contributed by atoms with Crippen molar-refractivity contribution in [3.63, 3.8) is 0 Å². The quantitative estimate of drug-likeness (QED) is 0.764. The summed E-state index contributed by atoms with van der Waals surface area (Å²) in [6, 6.07) is 0.638. The van der Waals surface area contributed by atoms with Crippen LogP contribution in [0.25, 0.3) is 0 Å². The summed E-state index contributed by atoms with van der Waals surface area (Å²) < 4.78 is 3.19. The van der Waals surface area contributed by atoms with Crippen molar-refractivity contribution < 1.29 is 0 Å². The third-order valence-electron chi connectivity index (χ3n) is 2.52. The third kappa shape index (κ3) is 1.70. The maximum Gasteiger partial charge on any atom is 0.177 e. The van der Waals surface area contributed by atoms with Crippen LogP contribution in [0.1, 0.15) is 25.1 Å². The number of imidazole rings is 1. The summed E-state index contributed by atoms with van der Waals surface area (Å²) in [7, 11) is 0. The molecular weight excluding hydrogens is 200 g/mol. The van der Waals surface area contributed by atoms with Crippen LogP contribution in [0.3, 0.4) is 0 Å². The summed E-state index contributed by atoms with van der Waals surface area (Å²) in [5.41, 5.74) is 1.34. The first-order valence-corrected chi connectivity index (χ1v) is 6.25. The molecule has 0 saturated carbocycles. The van der Waals surface area contributed by atoms with E-state index in [1.54, 1.807) is 0 Å². The van der Waals surface area contributed by atoms with Crippen LogP contribution in [0.15, 0.2) is 6.20 Å². The number of aryl methyl sites for hydroxylation is 1. The van der Waals surface area contributed by atoms with E-state index in [1.165, 1.54) is 23.6 Å². The molecule has 0 amide bonds. The molecular formula is C9H14N2S2. The number of hydrogen-bond acceptors (Lipinski definition) is 2. The van der Waals surface area contributed by atoms with E-state index in [4.69, 9.17) is 12.2 Å². The van der Waals surface area contributed by atoms with Gasteiger partial charge in [-0.05, 0) is 30.8 Å². The van der Waals surface area contributed by atoms with Gasteiger partial charge in [-0.15, -0.1) is 0 Å². The maximum atomic E-state index is 5.27. The number of aromatic nitrogens is 2. The molecule has 4 heteroatoms.